The number of aromatic nitrogens is 4. The van der Waals surface area contributed by atoms with Gasteiger partial charge in [-0.25, -0.2) is 14.4 Å². The first-order valence-corrected chi connectivity index (χ1v) is 10.4. The molecule has 1 amide bonds. The molecule has 1 aliphatic rings. The summed E-state index contributed by atoms with van der Waals surface area (Å²) in [6.07, 6.45) is -4.12. The van der Waals surface area contributed by atoms with Crippen LogP contribution in [0.4, 0.5) is 32.3 Å². The normalized spacial score (nSPS) is 14.7. The summed E-state index contributed by atoms with van der Waals surface area (Å²) in [5.41, 5.74) is 0.532. The Bertz CT molecular complexity index is 1150. The Morgan fingerprint density at radius 2 is 1.77 bits per heavy atom. The van der Waals surface area contributed by atoms with Gasteiger partial charge < -0.3 is 14.6 Å². The summed E-state index contributed by atoms with van der Waals surface area (Å²) in [4.78, 5) is 21.3. The maximum Gasteiger partial charge on any atom is 0.406 e. The molecule has 1 N–H and O–H groups in total. The first-order chi connectivity index (χ1) is 16.6. The van der Waals surface area contributed by atoms with Crippen molar-refractivity contribution in [2.45, 2.75) is 31.5 Å². The molecule has 1 aliphatic carbocycles. The van der Waals surface area contributed by atoms with Crippen LogP contribution in [-0.2, 0) is 4.79 Å². The largest absolute Gasteiger partial charge is 0.415 e. The Balaban J connectivity index is 1.56. The summed E-state index contributed by atoms with van der Waals surface area (Å²) >= 11 is 0. The second-order valence-corrected chi connectivity index (χ2v) is 7.90. The summed E-state index contributed by atoms with van der Waals surface area (Å²) in [5, 5.41) is 9.55. The zero-order chi connectivity index (χ0) is 25.2. The van der Waals surface area contributed by atoms with Gasteiger partial charge in [0.2, 0.25) is 11.9 Å². The van der Waals surface area contributed by atoms with Gasteiger partial charge in [-0.15, -0.1) is 10.2 Å². The second-order valence-electron chi connectivity index (χ2n) is 7.90. The highest BCUT2D eigenvalue weighted by Crippen LogP contribution is 2.33. The zero-order valence-electron chi connectivity index (χ0n) is 17.8. The minimum Gasteiger partial charge on any atom is -0.415 e. The van der Waals surface area contributed by atoms with Crippen molar-refractivity contribution >= 4 is 11.9 Å². The van der Waals surface area contributed by atoms with Gasteiger partial charge in [-0.05, 0) is 30.5 Å². The number of hydrogen-bond donors (Lipinski definition) is 1. The molecular weight excluding hydrogens is 482 g/mol. The molecule has 0 aliphatic heterocycles. The van der Waals surface area contributed by atoms with Crippen LogP contribution in [0.15, 0.2) is 41.1 Å². The molecule has 186 valence electrons. The number of anilines is 1. The second kappa shape index (κ2) is 9.88. The van der Waals surface area contributed by atoms with Gasteiger partial charge in [-0.1, -0.05) is 12.1 Å². The van der Waals surface area contributed by atoms with Gasteiger partial charge in [0, 0.05) is 24.9 Å². The van der Waals surface area contributed by atoms with E-state index in [4.69, 9.17) is 4.42 Å². The molecular formula is C21H18F6N6O2. The van der Waals surface area contributed by atoms with Crippen LogP contribution in [0.3, 0.4) is 0 Å². The molecule has 8 nitrogen and oxygen atoms in total. The predicted octanol–water partition coefficient (Wildman–Crippen LogP) is 4.56. The molecule has 0 saturated heterocycles. The average molecular weight is 500 g/mol. The summed E-state index contributed by atoms with van der Waals surface area (Å²) in [5.74, 6) is -2.76. The SMILES string of the molecule is O=C(C1CC1)N(CC(Nc1ncc(-c2nnc(C(F)F)o2)cn1)c1ccc(F)cc1)CC(F)(F)F. The summed E-state index contributed by atoms with van der Waals surface area (Å²) < 4.78 is 83.1. The molecule has 14 heteroatoms. The van der Waals surface area contributed by atoms with Crippen LogP contribution < -0.4 is 5.32 Å². The number of nitrogens with zero attached hydrogens (tertiary/aromatic N) is 5. The first-order valence-electron chi connectivity index (χ1n) is 10.4. The number of amides is 1. The molecule has 2 aromatic heterocycles. The third kappa shape index (κ3) is 6.45. The van der Waals surface area contributed by atoms with E-state index < -0.39 is 48.7 Å². The number of alkyl halides is 5. The Kier molecular flexibility index (Phi) is 6.89. The van der Waals surface area contributed by atoms with Gasteiger partial charge >= 0.3 is 12.6 Å². The van der Waals surface area contributed by atoms with Crippen LogP contribution in [0.5, 0.6) is 0 Å². The number of benzene rings is 1. The van der Waals surface area contributed by atoms with Gasteiger partial charge in [0.05, 0.1) is 11.6 Å². The molecule has 1 aromatic carbocycles. The molecule has 4 rings (SSSR count). The van der Waals surface area contributed by atoms with E-state index in [0.717, 1.165) is 17.0 Å². The van der Waals surface area contributed by atoms with Crippen molar-refractivity contribution in [1.29, 1.82) is 0 Å². The molecule has 0 radical (unpaired) electrons. The highest BCUT2D eigenvalue weighted by molar-refractivity contribution is 5.81. The lowest BCUT2D eigenvalue weighted by Crippen LogP contribution is -2.43. The maximum absolute atomic E-state index is 13.4. The topological polar surface area (TPSA) is 97.0 Å². The van der Waals surface area contributed by atoms with Crippen molar-refractivity contribution in [3.05, 3.63) is 53.9 Å². The molecule has 0 spiro atoms. The number of nitrogens with one attached hydrogen (secondary N) is 1. The quantitative estimate of drug-likeness (QED) is 0.431. The minimum atomic E-state index is -4.61. The van der Waals surface area contributed by atoms with E-state index in [1.54, 1.807) is 0 Å². The highest BCUT2D eigenvalue weighted by Gasteiger charge is 2.40. The number of hydrogen-bond acceptors (Lipinski definition) is 7. The third-order valence-electron chi connectivity index (χ3n) is 5.11. The van der Waals surface area contributed by atoms with E-state index in [2.05, 4.69) is 25.5 Å². The van der Waals surface area contributed by atoms with Crippen LogP contribution in [0.2, 0.25) is 0 Å². The van der Waals surface area contributed by atoms with E-state index >= 15 is 0 Å². The van der Waals surface area contributed by atoms with Crippen LogP contribution >= 0.6 is 0 Å². The summed E-state index contributed by atoms with van der Waals surface area (Å²) in [6, 6.07) is 4.11. The van der Waals surface area contributed by atoms with Crippen molar-refractivity contribution < 1.29 is 35.6 Å². The standard InChI is InChI=1S/C21H18F6N6O2/c22-14-5-3-11(4-6-14)15(9-33(10-21(25,26)27)19(34)12-1-2-12)30-20-28-7-13(8-29-20)17-31-32-18(35-17)16(23)24/h3-8,12,15-16H,1-2,9-10H2,(H,28,29,30). The Hall–Kier alpha value is -3.71. The van der Waals surface area contributed by atoms with Crippen molar-refractivity contribution in [2.24, 2.45) is 5.92 Å². The molecule has 0 bridgehead atoms. The summed E-state index contributed by atoms with van der Waals surface area (Å²) in [7, 11) is 0. The van der Waals surface area contributed by atoms with Crippen LogP contribution in [-0.4, -0.2) is 50.2 Å². The lowest BCUT2D eigenvalue weighted by atomic mass is 10.1. The van der Waals surface area contributed by atoms with E-state index in [-0.39, 0.29) is 23.9 Å². The highest BCUT2D eigenvalue weighted by atomic mass is 19.4. The fourth-order valence-electron chi connectivity index (χ4n) is 3.30. The van der Waals surface area contributed by atoms with Crippen molar-refractivity contribution in [3.8, 4) is 11.5 Å². The van der Waals surface area contributed by atoms with E-state index in [0.29, 0.717) is 18.4 Å². The number of carbonyl (C=O) groups is 1. The van der Waals surface area contributed by atoms with Gasteiger partial charge in [0.15, 0.2) is 0 Å². The molecule has 2 heterocycles. The van der Waals surface area contributed by atoms with Crippen molar-refractivity contribution in [3.63, 3.8) is 0 Å². The molecule has 1 atom stereocenters. The molecule has 1 saturated carbocycles. The first kappa shape index (κ1) is 24.4. The lowest BCUT2D eigenvalue weighted by Gasteiger charge is -2.29. The predicted molar refractivity (Wildman–Crippen MR) is 108 cm³/mol. The number of halogens is 6. The average Bonchev–Trinajstić information content (AvgIpc) is 3.53. The fraction of sp³-hybridized carbons (Fsp3) is 0.381. The number of carbonyl (C=O) groups excluding carboxylic acids is 1. The molecule has 1 fully saturated rings. The van der Waals surface area contributed by atoms with E-state index in [1.807, 2.05) is 0 Å². The van der Waals surface area contributed by atoms with Gasteiger partial charge in [-0.2, -0.15) is 22.0 Å². The van der Waals surface area contributed by atoms with Crippen molar-refractivity contribution in [1.82, 2.24) is 25.1 Å². The number of rotatable bonds is 9. The van der Waals surface area contributed by atoms with Crippen LogP contribution in [0.1, 0.15) is 36.8 Å². The summed E-state index contributed by atoms with van der Waals surface area (Å²) in [6.45, 7) is -1.82. The maximum atomic E-state index is 13.4. The van der Waals surface area contributed by atoms with Gasteiger partial charge in [-0.3, -0.25) is 4.79 Å². The minimum absolute atomic E-state index is 0.0393. The van der Waals surface area contributed by atoms with E-state index in [9.17, 15) is 31.1 Å². The molecule has 35 heavy (non-hydrogen) atoms. The Morgan fingerprint density at radius 3 is 2.31 bits per heavy atom. The zero-order valence-corrected chi connectivity index (χ0v) is 17.8. The van der Waals surface area contributed by atoms with Gasteiger partial charge in [0.25, 0.3) is 11.8 Å². The van der Waals surface area contributed by atoms with Gasteiger partial charge in [0.1, 0.15) is 12.4 Å². The lowest BCUT2D eigenvalue weighted by molar-refractivity contribution is -0.162. The van der Waals surface area contributed by atoms with E-state index in [1.165, 1.54) is 24.5 Å². The van der Waals surface area contributed by atoms with Crippen LogP contribution in [0.25, 0.3) is 11.5 Å². The van der Waals surface area contributed by atoms with Crippen LogP contribution in [0, 0.1) is 11.7 Å². The smallest absolute Gasteiger partial charge is 0.406 e. The molecule has 3 aromatic rings. The fourth-order valence-corrected chi connectivity index (χ4v) is 3.30. The monoisotopic (exact) mass is 500 g/mol. The molecule has 1 unspecified atom stereocenters. The van der Waals surface area contributed by atoms with Crippen molar-refractivity contribution in [2.75, 3.05) is 18.4 Å². The Morgan fingerprint density at radius 1 is 1.11 bits per heavy atom. The third-order valence-corrected chi connectivity index (χ3v) is 5.11. The Labute approximate surface area is 194 Å².